The van der Waals surface area contributed by atoms with Gasteiger partial charge in [-0.1, -0.05) is 30.3 Å². The van der Waals surface area contributed by atoms with E-state index in [1.807, 2.05) is 18.2 Å². The second kappa shape index (κ2) is 4.29. The van der Waals surface area contributed by atoms with Crippen molar-refractivity contribution in [1.82, 2.24) is 0 Å². The van der Waals surface area contributed by atoms with E-state index >= 15 is 0 Å². The van der Waals surface area contributed by atoms with Gasteiger partial charge in [-0.3, -0.25) is 0 Å². The predicted octanol–water partition coefficient (Wildman–Crippen LogP) is 1.15. The van der Waals surface area contributed by atoms with Gasteiger partial charge in [0.1, 0.15) is 0 Å². The third-order valence-electron chi connectivity index (χ3n) is 1.13. The van der Waals surface area contributed by atoms with Crippen LogP contribution in [0.25, 0.3) is 0 Å². The molecule has 0 aliphatic heterocycles. The van der Waals surface area contributed by atoms with Crippen molar-refractivity contribution in [3.05, 3.63) is 42.8 Å². The first-order valence-corrected chi connectivity index (χ1v) is 2.76. The van der Waals surface area contributed by atoms with Crippen LogP contribution in [0.1, 0.15) is 5.56 Å². The van der Waals surface area contributed by atoms with Gasteiger partial charge in [0.2, 0.25) is 0 Å². The molecule has 1 aromatic carbocycles. The van der Waals surface area contributed by atoms with Crippen molar-refractivity contribution in [1.29, 1.82) is 0 Å². The molecule has 0 aromatic heterocycles. The van der Waals surface area contributed by atoms with Crippen LogP contribution in [0, 0.1) is 6.92 Å². The van der Waals surface area contributed by atoms with E-state index in [-0.39, 0.29) is 10.1 Å². The minimum Gasteiger partial charge on any atom is -0.0622 e. The molecule has 0 amide bonds. The Hall–Kier alpha value is -0.611. The van der Waals surface area contributed by atoms with Gasteiger partial charge < -0.3 is 0 Å². The molecular formula is C8H11Be. The average molecular weight is 116 g/mol. The largest absolute Gasteiger partial charge is 0.0622 e. The summed E-state index contributed by atoms with van der Waals surface area (Å²) in [6, 6.07) is 10.2. The number of benzene rings is 1. The molecule has 9 heavy (non-hydrogen) atoms. The zero-order chi connectivity index (χ0) is 5.82. The Labute approximate surface area is 60.1 Å². The fourth-order valence-electron chi connectivity index (χ4n) is 0.645. The maximum Gasteiger partial charge on any atom is -0.0279 e. The number of rotatable bonds is 1. The molecule has 0 bridgehead atoms. The van der Waals surface area contributed by atoms with E-state index in [2.05, 4.69) is 19.1 Å². The Bertz CT molecular complexity index is 146. The Balaban J connectivity index is 0.000000640. The van der Waals surface area contributed by atoms with Gasteiger partial charge in [-0.15, -0.1) is 0 Å². The van der Waals surface area contributed by atoms with Crippen molar-refractivity contribution in [3.8, 4) is 0 Å². The van der Waals surface area contributed by atoms with Gasteiger partial charge in [-0.25, -0.2) is 0 Å². The first-order chi connectivity index (χ1) is 3.93. The molecule has 0 N–H and O–H groups in total. The molecule has 1 aromatic rings. The summed E-state index contributed by atoms with van der Waals surface area (Å²) in [5.41, 5.74) is 1.30. The van der Waals surface area contributed by atoms with Crippen molar-refractivity contribution < 1.29 is 0 Å². The first kappa shape index (κ1) is 8.39. The molecule has 0 aliphatic carbocycles. The Morgan fingerprint density at radius 3 is 2.00 bits per heavy atom. The van der Waals surface area contributed by atoms with Gasteiger partial charge in [0.15, 0.2) is 0 Å². The summed E-state index contributed by atoms with van der Waals surface area (Å²) >= 11 is 0. The van der Waals surface area contributed by atoms with Gasteiger partial charge in [-0.05, 0) is 18.9 Å². The zero-order valence-electron chi connectivity index (χ0n) is 4.80. The van der Waals surface area contributed by atoms with Gasteiger partial charge in [-0.2, -0.15) is 0 Å². The van der Waals surface area contributed by atoms with E-state index in [0.29, 0.717) is 0 Å². The third-order valence-corrected chi connectivity index (χ3v) is 1.13. The predicted molar refractivity (Wildman–Crippen MR) is 44.0 cm³/mol. The molecule has 0 atom stereocenters. The Morgan fingerprint density at radius 2 is 1.67 bits per heavy atom. The SMILES string of the molecule is [BeH2].[CH2]Cc1ccccc1. The fourth-order valence-corrected chi connectivity index (χ4v) is 0.645. The first-order valence-electron chi connectivity index (χ1n) is 2.76. The van der Waals surface area contributed by atoms with Crippen molar-refractivity contribution in [3.63, 3.8) is 0 Å². The third kappa shape index (κ3) is 2.43. The topological polar surface area (TPSA) is 0 Å². The molecule has 1 rings (SSSR count). The summed E-state index contributed by atoms with van der Waals surface area (Å²) < 4.78 is 0. The minimum absolute atomic E-state index is 0. The van der Waals surface area contributed by atoms with Gasteiger partial charge in [0.25, 0.3) is 0 Å². The summed E-state index contributed by atoms with van der Waals surface area (Å²) in [6.45, 7) is 3.76. The van der Waals surface area contributed by atoms with Crippen LogP contribution in [0.3, 0.4) is 0 Å². The van der Waals surface area contributed by atoms with E-state index < -0.39 is 0 Å². The van der Waals surface area contributed by atoms with Crippen LogP contribution in [0.2, 0.25) is 0 Å². The Morgan fingerprint density at radius 1 is 1.11 bits per heavy atom. The molecular weight excluding hydrogens is 105 g/mol. The molecule has 0 saturated heterocycles. The molecule has 0 unspecified atom stereocenters. The van der Waals surface area contributed by atoms with E-state index in [1.165, 1.54) is 5.56 Å². The summed E-state index contributed by atoms with van der Waals surface area (Å²) in [4.78, 5) is 0. The molecule has 1 radical (unpaired) electrons. The molecule has 0 heterocycles. The summed E-state index contributed by atoms with van der Waals surface area (Å²) in [6.07, 6.45) is 0.890. The van der Waals surface area contributed by atoms with Gasteiger partial charge >= 0.3 is 10.1 Å². The van der Waals surface area contributed by atoms with E-state index in [9.17, 15) is 0 Å². The number of hydrogen-bond acceptors (Lipinski definition) is 0. The summed E-state index contributed by atoms with van der Waals surface area (Å²) in [5.74, 6) is 0. The van der Waals surface area contributed by atoms with Crippen LogP contribution in [0.5, 0.6) is 0 Å². The Kier molecular flexibility index (Phi) is 3.99. The molecule has 0 aliphatic rings. The van der Waals surface area contributed by atoms with Crippen molar-refractivity contribution in [2.75, 3.05) is 0 Å². The van der Waals surface area contributed by atoms with Crippen molar-refractivity contribution in [2.24, 2.45) is 0 Å². The van der Waals surface area contributed by atoms with Gasteiger partial charge in [0, 0.05) is 0 Å². The molecule has 0 saturated carbocycles. The fraction of sp³-hybridized carbons (Fsp3) is 0.125. The maximum atomic E-state index is 3.76. The van der Waals surface area contributed by atoms with Crippen LogP contribution < -0.4 is 0 Å². The van der Waals surface area contributed by atoms with Crippen molar-refractivity contribution in [2.45, 2.75) is 6.42 Å². The molecule has 0 fully saturated rings. The normalized spacial score (nSPS) is 8.11. The molecule has 1 heteroatoms. The van der Waals surface area contributed by atoms with Crippen LogP contribution in [0.4, 0.5) is 0 Å². The zero-order valence-corrected chi connectivity index (χ0v) is 4.80. The van der Waals surface area contributed by atoms with E-state index in [1.54, 1.807) is 0 Å². The smallest absolute Gasteiger partial charge is 0.0279 e. The number of hydrogen-bond donors (Lipinski definition) is 0. The maximum absolute atomic E-state index is 3.76. The molecule has 0 spiro atoms. The van der Waals surface area contributed by atoms with Crippen LogP contribution in [-0.2, 0) is 6.42 Å². The van der Waals surface area contributed by atoms with Crippen LogP contribution in [-0.4, -0.2) is 10.1 Å². The van der Waals surface area contributed by atoms with Crippen LogP contribution >= 0.6 is 0 Å². The molecule has 45 valence electrons. The van der Waals surface area contributed by atoms with Crippen molar-refractivity contribution >= 4 is 10.1 Å². The van der Waals surface area contributed by atoms with Crippen LogP contribution in [0.15, 0.2) is 30.3 Å². The standard InChI is InChI=1S/C8H9.Be.2H/c1-2-8-6-4-3-5-7-8;;;/h3-7H,1-2H2;;;. The average Bonchev–Trinajstić information content (AvgIpc) is 1.90. The second-order valence-corrected chi connectivity index (χ2v) is 1.74. The summed E-state index contributed by atoms with van der Waals surface area (Å²) in [7, 11) is 0. The quantitative estimate of drug-likeness (QED) is 0.483. The van der Waals surface area contributed by atoms with E-state index in [4.69, 9.17) is 0 Å². The minimum atomic E-state index is 0. The molecule has 0 nitrogen and oxygen atoms in total. The van der Waals surface area contributed by atoms with E-state index in [0.717, 1.165) is 6.42 Å². The summed E-state index contributed by atoms with van der Waals surface area (Å²) in [5, 5.41) is 0. The van der Waals surface area contributed by atoms with Gasteiger partial charge in [0.05, 0.1) is 0 Å². The monoisotopic (exact) mass is 116 g/mol. The second-order valence-electron chi connectivity index (χ2n) is 1.74.